The molecular formula is C11H15NS. The first kappa shape index (κ1) is 9.10. The Labute approximate surface area is 83.7 Å². The van der Waals surface area contributed by atoms with E-state index < -0.39 is 0 Å². The van der Waals surface area contributed by atoms with E-state index in [1.165, 1.54) is 16.0 Å². The standard InChI is InChI=1S/C11H15NS/c1-7-3-4-9-10(8(2)12)6-13-11(9)5-7/h3-5,8,10H,6,12H2,1-2H3. The van der Waals surface area contributed by atoms with E-state index in [1.807, 2.05) is 11.8 Å². The fourth-order valence-electron chi connectivity index (χ4n) is 1.78. The summed E-state index contributed by atoms with van der Waals surface area (Å²) in [4.78, 5) is 1.43. The van der Waals surface area contributed by atoms with Crippen LogP contribution < -0.4 is 5.73 Å². The summed E-state index contributed by atoms with van der Waals surface area (Å²) in [5.41, 5.74) is 8.73. The van der Waals surface area contributed by atoms with E-state index in [1.54, 1.807) is 0 Å². The van der Waals surface area contributed by atoms with Gasteiger partial charge < -0.3 is 5.73 Å². The van der Waals surface area contributed by atoms with Crippen LogP contribution in [0.15, 0.2) is 23.1 Å². The average Bonchev–Trinajstić information content (AvgIpc) is 2.46. The normalized spacial score (nSPS) is 22.8. The van der Waals surface area contributed by atoms with Gasteiger partial charge in [0.15, 0.2) is 0 Å². The molecule has 1 nitrogen and oxygen atoms in total. The first-order chi connectivity index (χ1) is 6.18. The molecule has 0 aliphatic carbocycles. The van der Waals surface area contributed by atoms with Crippen molar-refractivity contribution in [2.45, 2.75) is 30.7 Å². The number of hydrogen-bond acceptors (Lipinski definition) is 2. The van der Waals surface area contributed by atoms with Crippen LogP contribution in [0, 0.1) is 6.92 Å². The van der Waals surface area contributed by atoms with E-state index in [2.05, 4.69) is 32.0 Å². The van der Waals surface area contributed by atoms with E-state index in [-0.39, 0.29) is 6.04 Å². The number of hydrogen-bond donors (Lipinski definition) is 1. The largest absolute Gasteiger partial charge is 0.327 e. The van der Waals surface area contributed by atoms with Gasteiger partial charge in [-0.2, -0.15) is 0 Å². The Morgan fingerprint density at radius 1 is 1.54 bits per heavy atom. The van der Waals surface area contributed by atoms with Gasteiger partial charge in [-0.25, -0.2) is 0 Å². The summed E-state index contributed by atoms with van der Waals surface area (Å²) in [5, 5.41) is 0. The number of nitrogens with two attached hydrogens (primary N) is 1. The highest BCUT2D eigenvalue weighted by Gasteiger charge is 2.25. The van der Waals surface area contributed by atoms with Gasteiger partial charge in [-0.05, 0) is 25.5 Å². The molecule has 2 N–H and O–H groups in total. The Hall–Kier alpha value is -0.470. The molecule has 0 radical (unpaired) electrons. The zero-order valence-corrected chi connectivity index (χ0v) is 8.90. The SMILES string of the molecule is Cc1ccc2c(c1)SCC2C(C)N. The Morgan fingerprint density at radius 3 is 3.00 bits per heavy atom. The van der Waals surface area contributed by atoms with E-state index in [9.17, 15) is 0 Å². The summed E-state index contributed by atoms with van der Waals surface area (Å²) in [5.74, 6) is 1.71. The molecule has 0 amide bonds. The summed E-state index contributed by atoms with van der Waals surface area (Å²) in [6.45, 7) is 4.24. The third kappa shape index (κ3) is 1.61. The summed E-state index contributed by atoms with van der Waals surface area (Å²) in [7, 11) is 0. The van der Waals surface area contributed by atoms with Gasteiger partial charge in [-0.3, -0.25) is 0 Å². The predicted molar refractivity (Wildman–Crippen MR) is 58.3 cm³/mol. The van der Waals surface area contributed by atoms with Crippen molar-refractivity contribution in [1.82, 2.24) is 0 Å². The fraction of sp³-hybridized carbons (Fsp3) is 0.455. The Morgan fingerprint density at radius 2 is 2.31 bits per heavy atom. The van der Waals surface area contributed by atoms with Crippen LogP contribution in [-0.2, 0) is 0 Å². The Bertz CT molecular complexity index is 320. The molecule has 2 unspecified atom stereocenters. The third-order valence-electron chi connectivity index (χ3n) is 2.62. The molecule has 1 heterocycles. The molecule has 0 bridgehead atoms. The van der Waals surface area contributed by atoms with Gasteiger partial charge in [0.25, 0.3) is 0 Å². The molecule has 0 saturated carbocycles. The second-order valence-corrected chi connectivity index (χ2v) is 4.88. The van der Waals surface area contributed by atoms with Crippen LogP contribution >= 0.6 is 11.8 Å². The summed E-state index contributed by atoms with van der Waals surface area (Å²) >= 11 is 1.94. The second-order valence-electron chi connectivity index (χ2n) is 3.82. The van der Waals surface area contributed by atoms with Crippen LogP contribution in [0.3, 0.4) is 0 Å². The van der Waals surface area contributed by atoms with Crippen LogP contribution in [0.5, 0.6) is 0 Å². The van der Waals surface area contributed by atoms with Gasteiger partial charge >= 0.3 is 0 Å². The zero-order valence-electron chi connectivity index (χ0n) is 8.08. The van der Waals surface area contributed by atoms with Crippen molar-refractivity contribution in [3.05, 3.63) is 29.3 Å². The lowest BCUT2D eigenvalue weighted by Crippen LogP contribution is -2.24. The van der Waals surface area contributed by atoms with Gasteiger partial charge in [0, 0.05) is 22.6 Å². The summed E-state index contributed by atoms with van der Waals surface area (Å²) in [6.07, 6.45) is 0. The Kier molecular flexibility index (Phi) is 2.35. The van der Waals surface area contributed by atoms with E-state index in [0.717, 1.165) is 5.75 Å². The predicted octanol–water partition coefficient (Wildman–Crippen LogP) is 2.53. The lowest BCUT2D eigenvalue weighted by Gasteiger charge is -2.14. The number of rotatable bonds is 1. The second kappa shape index (κ2) is 3.35. The average molecular weight is 193 g/mol. The molecule has 2 heteroatoms. The number of fused-ring (bicyclic) bond motifs is 1. The Balaban J connectivity index is 2.38. The maximum Gasteiger partial charge on any atom is 0.0111 e. The minimum Gasteiger partial charge on any atom is -0.327 e. The molecule has 0 aromatic heterocycles. The van der Waals surface area contributed by atoms with E-state index in [0.29, 0.717) is 5.92 Å². The van der Waals surface area contributed by atoms with E-state index in [4.69, 9.17) is 5.73 Å². The molecule has 0 fully saturated rings. The monoisotopic (exact) mass is 193 g/mol. The molecule has 0 spiro atoms. The lowest BCUT2D eigenvalue weighted by molar-refractivity contribution is 0.622. The number of aryl methyl sites for hydroxylation is 1. The van der Waals surface area contributed by atoms with Crippen LogP contribution in [-0.4, -0.2) is 11.8 Å². The van der Waals surface area contributed by atoms with Crippen molar-refractivity contribution in [3.8, 4) is 0 Å². The molecule has 1 aromatic carbocycles. The van der Waals surface area contributed by atoms with Crippen LogP contribution in [0.1, 0.15) is 24.0 Å². The van der Waals surface area contributed by atoms with E-state index >= 15 is 0 Å². The molecule has 0 saturated heterocycles. The highest BCUT2D eigenvalue weighted by molar-refractivity contribution is 7.99. The van der Waals surface area contributed by atoms with Crippen molar-refractivity contribution >= 4 is 11.8 Å². The van der Waals surface area contributed by atoms with Gasteiger partial charge in [0.05, 0.1) is 0 Å². The molecule has 2 rings (SSSR count). The topological polar surface area (TPSA) is 26.0 Å². The molecule has 13 heavy (non-hydrogen) atoms. The van der Waals surface area contributed by atoms with Gasteiger partial charge in [0.1, 0.15) is 0 Å². The quantitative estimate of drug-likeness (QED) is 0.741. The van der Waals surface area contributed by atoms with Crippen LogP contribution in [0.4, 0.5) is 0 Å². The smallest absolute Gasteiger partial charge is 0.0111 e. The van der Waals surface area contributed by atoms with Crippen molar-refractivity contribution in [2.75, 3.05) is 5.75 Å². The molecule has 1 aromatic rings. The van der Waals surface area contributed by atoms with Gasteiger partial charge in [-0.15, -0.1) is 11.8 Å². The number of thioether (sulfide) groups is 1. The molecule has 70 valence electrons. The summed E-state index contributed by atoms with van der Waals surface area (Å²) < 4.78 is 0. The minimum absolute atomic E-state index is 0.274. The first-order valence-electron chi connectivity index (χ1n) is 4.67. The van der Waals surface area contributed by atoms with Crippen molar-refractivity contribution in [1.29, 1.82) is 0 Å². The highest BCUT2D eigenvalue weighted by atomic mass is 32.2. The van der Waals surface area contributed by atoms with Crippen molar-refractivity contribution in [3.63, 3.8) is 0 Å². The van der Waals surface area contributed by atoms with Crippen molar-refractivity contribution in [2.24, 2.45) is 5.73 Å². The lowest BCUT2D eigenvalue weighted by atomic mass is 9.94. The van der Waals surface area contributed by atoms with Crippen LogP contribution in [0.25, 0.3) is 0 Å². The zero-order chi connectivity index (χ0) is 9.42. The third-order valence-corrected chi connectivity index (χ3v) is 3.81. The molecule has 1 aliphatic heterocycles. The maximum absolute atomic E-state index is 5.94. The first-order valence-corrected chi connectivity index (χ1v) is 5.66. The van der Waals surface area contributed by atoms with Crippen LogP contribution in [0.2, 0.25) is 0 Å². The summed E-state index contributed by atoms with van der Waals surface area (Å²) in [6, 6.07) is 6.96. The number of benzene rings is 1. The molecular weight excluding hydrogens is 178 g/mol. The highest BCUT2D eigenvalue weighted by Crippen LogP contribution is 2.40. The van der Waals surface area contributed by atoms with Crippen molar-refractivity contribution < 1.29 is 0 Å². The van der Waals surface area contributed by atoms with Gasteiger partial charge in [0.2, 0.25) is 0 Å². The van der Waals surface area contributed by atoms with Gasteiger partial charge in [-0.1, -0.05) is 17.7 Å². The minimum atomic E-state index is 0.274. The molecule has 2 atom stereocenters. The molecule has 1 aliphatic rings. The fourth-order valence-corrected chi connectivity index (χ4v) is 3.27. The maximum atomic E-state index is 5.94.